The third-order valence-electron chi connectivity index (χ3n) is 2.03. The topological polar surface area (TPSA) is 66.8 Å². The summed E-state index contributed by atoms with van der Waals surface area (Å²) in [6.07, 6.45) is 0. The monoisotopic (exact) mass is 254 g/mol. The van der Waals surface area contributed by atoms with Crippen molar-refractivity contribution in [2.45, 2.75) is 18.7 Å². The van der Waals surface area contributed by atoms with Gasteiger partial charge in [0.1, 0.15) is 17.3 Å². The molecule has 0 unspecified atom stereocenters. The van der Waals surface area contributed by atoms with Crippen molar-refractivity contribution in [3.63, 3.8) is 0 Å². The Morgan fingerprint density at radius 1 is 1.35 bits per heavy atom. The highest BCUT2D eigenvalue weighted by atomic mass is 32.2. The number of hydrogen-bond acceptors (Lipinski definition) is 5. The molecule has 1 aromatic carbocycles. The number of methoxy groups -OCH3 is 1. The van der Waals surface area contributed by atoms with Gasteiger partial charge in [-0.25, -0.2) is 0 Å². The van der Waals surface area contributed by atoms with Crippen LogP contribution in [0.2, 0.25) is 0 Å². The Labute approximate surface area is 104 Å². The van der Waals surface area contributed by atoms with Crippen molar-refractivity contribution in [1.29, 1.82) is 0 Å². The zero-order chi connectivity index (χ0) is 13.0. The van der Waals surface area contributed by atoms with E-state index in [4.69, 9.17) is 4.74 Å². The van der Waals surface area contributed by atoms with Crippen LogP contribution in [0.4, 0.5) is 0 Å². The van der Waals surface area contributed by atoms with Crippen LogP contribution in [0.25, 0.3) is 0 Å². The summed E-state index contributed by atoms with van der Waals surface area (Å²) in [6, 6.07) is 4.75. The average Bonchev–Trinajstić information content (AvgIpc) is 2.26. The first kappa shape index (κ1) is 13.4. The van der Waals surface area contributed by atoms with E-state index in [1.807, 2.05) is 0 Å². The summed E-state index contributed by atoms with van der Waals surface area (Å²) >= 11 is 1.03. The highest BCUT2D eigenvalue weighted by Gasteiger charge is 2.13. The fourth-order valence-electron chi connectivity index (χ4n) is 1.22. The fourth-order valence-corrected chi connectivity index (χ4v) is 2.03. The lowest BCUT2D eigenvalue weighted by Gasteiger charge is -2.08. The van der Waals surface area contributed by atoms with Gasteiger partial charge in [0.2, 0.25) is 0 Å². The maximum Gasteiger partial charge on any atom is 0.169 e. The van der Waals surface area contributed by atoms with Crippen LogP contribution in [0.15, 0.2) is 33.8 Å². The number of phenols is 1. The van der Waals surface area contributed by atoms with Crippen LogP contribution in [0.1, 0.15) is 13.8 Å². The van der Waals surface area contributed by atoms with Crippen molar-refractivity contribution in [2.24, 2.45) is 0 Å². The fraction of sp³-hybridized carbons (Fsp3) is 0.250. The van der Waals surface area contributed by atoms with E-state index in [0.29, 0.717) is 10.6 Å². The molecule has 0 bridgehead atoms. The molecule has 0 radical (unpaired) electrons. The minimum absolute atomic E-state index is 0.00866. The first-order chi connectivity index (χ1) is 7.95. The van der Waals surface area contributed by atoms with Crippen molar-refractivity contribution in [2.75, 3.05) is 7.11 Å². The molecule has 0 aliphatic rings. The highest BCUT2D eigenvalue weighted by Crippen LogP contribution is 2.37. The van der Waals surface area contributed by atoms with Crippen LogP contribution in [0, 0.1) is 0 Å². The number of Topliss-reactive ketones (excluding diaryl/α,β-unsaturated/α-hetero) is 1. The van der Waals surface area contributed by atoms with E-state index >= 15 is 0 Å². The van der Waals surface area contributed by atoms with Crippen molar-refractivity contribution in [3.8, 4) is 11.5 Å². The number of aliphatic hydroxyl groups is 1. The van der Waals surface area contributed by atoms with Gasteiger partial charge < -0.3 is 14.9 Å². The summed E-state index contributed by atoms with van der Waals surface area (Å²) in [5.41, 5.74) is 0. The maximum absolute atomic E-state index is 11.3. The highest BCUT2D eigenvalue weighted by molar-refractivity contribution is 8.04. The summed E-state index contributed by atoms with van der Waals surface area (Å²) in [4.78, 5) is 12.0. The molecule has 0 spiro atoms. The van der Waals surface area contributed by atoms with Gasteiger partial charge in [-0.15, -0.1) is 0 Å². The van der Waals surface area contributed by atoms with E-state index in [0.717, 1.165) is 11.8 Å². The molecule has 0 aliphatic carbocycles. The van der Waals surface area contributed by atoms with Crippen LogP contribution >= 0.6 is 11.8 Å². The first-order valence-electron chi connectivity index (χ1n) is 4.91. The van der Waals surface area contributed by atoms with E-state index in [1.165, 1.54) is 27.0 Å². The molecule has 0 saturated carbocycles. The summed E-state index contributed by atoms with van der Waals surface area (Å²) in [6.45, 7) is 2.80. The number of aliphatic hydroxyl groups excluding tert-OH is 1. The number of allylic oxidation sites excluding steroid dienone is 2. The SMILES string of the molecule is COc1ccc(S/C(C(C)=O)=C(\C)O)c(O)c1. The molecule has 0 atom stereocenters. The largest absolute Gasteiger partial charge is 0.511 e. The lowest BCUT2D eigenvalue weighted by atomic mass is 10.3. The molecule has 1 aromatic rings. The van der Waals surface area contributed by atoms with Crippen LogP contribution in [-0.2, 0) is 4.79 Å². The van der Waals surface area contributed by atoms with Crippen LogP contribution in [0.3, 0.4) is 0 Å². The molecular weight excluding hydrogens is 240 g/mol. The number of ether oxygens (including phenoxy) is 1. The Bertz CT molecular complexity index is 462. The normalized spacial score (nSPS) is 11.9. The zero-order valence-electron chi connectivity index (χ0n) is 9.85. The summed E-state index contributed by atoms with van der Waals surface area (Å²) in [5.74, 6) is 0.234. The van der Waals surface area contributed by atoms with E-state index < -0.39 is 0 Å². The molecule has 2 N–H and O–H groups in total. The smallest absolute Gasteiger partial charge is 0.169 e. The van der Waals surface area contributed by atoms with Crippen LogP contribution in [0.5, 0.6) is 11.5 Å². The van der Waals surface area contributed by atoms with Gasteiger partial charge in [-0.05, 0) is 26.0 Å². The number of hydrogen-bond donors (Lipinski definition) is 2. The zero-order valence-corrected chi connectivity index (χ0v) is 10.7. The number of thioether (sulfide) groups is 1. The molecule has 0 amide bonds. The van der Waals surface area contributed by atoms with Gasteiger partial charge in [-0.3, -0.25) is 4.79 Å². The molecule has 92 valence electrons. The third kappa shape index (κ3) is 3.42. The van der Waals surface area contributed by atoms with Crippen molar-refractivity contribution in [3.05, 3.63) is 28.9 Å². The van der Waals surface area contributed by atoms with Gasteiger partial charge in [0.15, 0.2) is 5.78 Å². The Morgan fingerprint density at radius 2 is 2.00 bits per heavy atom. The number of ketones is 1. The third-order valence-corrected chi connectivity index (χ3v) is 3.38. The molecular formula is C12H14O4S. The number of benzene rings is 1. The van der Waals surface area contributed by atoms with Gasteiger partial charge in [-0.1, -0.05) is 11.8 Å². The number of phenolic OH excluding ortho intramolecular Hbond substituents is 1. The minimum Gasteiger partial charge on any atom is -0.511 e. The van der Waals surface area contributed by atoms with Gasteiger partial charge in [0.05, 0.1) is 16.9 Å². The summed E-state index contributed by atoms with van der Waals surface area (Å²) < 4.78 is 4.95. The first-order valence-corrected chi connectivity index (χ1v) is 5.73. The standard InChI is InChI=1S/C12H14O4S/c1-7(13)12(8(2)14)17-11-5-4-9(16-3)6-10(11)15/h4-6,13,15H,1-3H3/b12-7+. The Kier molecular flexibility index (Phi) is 4.45. The van der Waals surface area contributed by atoms with Gasteiger partial charge in [0.25, 0.3) is 0 Å². The Morgan fingerprint density at radius 3 is 2.41 bits per heavy atom. The quantitative estimate of drug-likeness (QED) is 0.491. The average molecular weight is 254 g/mol. The summed E-state index contributed by atoms with van der Waals surface area (Å²) in [5, 5.41) is 19.1. The van der Waals surface area contributed by atoms with Crippen molar-refractivity contribution < 1.29 is 19.7 Å². The number of carbonyl (C=O) groups excluding carboxylic acids is 1. The predicted octanol–water partition coefficient (Wildman–Crippen LogP) is 2.87. The van der Waals surface area contributed by atoms with E-state index in [1.54, 1.807) is 12.1 Å². The minimum atomic E-state index is -0.245. The van der Waals surface area contributed by atoms with Crippen molar-refractivity contribution in [1.82, 2.24) is 0 Å². The second kappa shape index (κ2) is 5.63. The lowest BCUT2D eigenvalue weighted by Crippen LogP contribution is -1.96. The van der Waals surface area contributed by atoms with Crippen LogP contribution in [-0.4, -0.2) is 23.1 Å². The van der Waals surface area contributed by atoms with Gasteiger partial charge in [0, 0.05) is 6.07 Å². The molecule has 5 heteroatoms. The second-order valence-electron chi connectivity index (χ2n) is 3.41. The molecule has 1 rings (SSSR count). The molecule has 0 heterocycles. The number of rotatable bonds is 4. The Balaban J connectivity index is 3.03. The van der Waals surface area contributed by atoms with E-state index in [9.17, 15) is 15.0 Å². The molecule has 0 saturated heterocycles. The maximum atomic E-state index is 11.3. The van der Waals surface area contributed by atoms with Gasteiger partial charge in [-0.2, -0.15) is 0 Å². The molecule has 0 aliphatic heterocycles. The lowest BCUT2D eigenvalue weighted by molar-refractivity contribution is -0.113. The number of aromatic hydroxyl groups is 1. The predicted molar refractivity (Wildman–Crippen MR) is 66.5 cm³/mol. The second-order valence-corrected chi connectivity index (χ2v) is 4.46. The van der Waals surface area contributed by atoms with Gasteiger partial charge >= 0.3 is 0 Å². The summed E-state index contributed by atoms with van der Waals surface area (Å²) in [7, 11) is 1.50. The Hall–Kier alpha value is -1.62. The van der Waals surface area contributed by atoms with E-state index in [2.05, 4.69) is 0 Å². The molecule has 0 fully saturated rings. The van der Waals surface area contributed by atoms with Crippen molar-refractivity contribution >= 4 is 17.5 Å². The van der Waals surface area contributed by atoms with Crippen LogP contribution < -0.4 is 4.74 Å². The van der Waals surface area contributed by atoms with E-state index in [-0.39, 0.29) is 22.2 Å². The molecule has 4 nitrogen and oxygen atoms in total. The molecule has 17 heavy (non-hydrogen) atoms. The molecule has 0 aromatic heterocycles. The number of carbonyl (C=O) groups is 1.